The van der Waals surface area contributed by atoms with Gasteiger partial charge in [0.1, 0.15) is 22.9 Å². The molecule has 1 saturated heterocycles. The average Bonchev–Trinajstić information content (AvgIpc) is 3.29. The van der Waals surface area contributed by atoms with Crippen LogP contribution in [0.15, 0.2) is 61.0 Å². The molecule has 4 heterocycles. The fourth-order valence-electron chi connectivity index (χ4n) is 6.09. The summed E-state index contributed by atoms with van der Waals surface area (Å²) >= 11 is 0. The van der Waals surface area contributed by atoms with Crippen LogP contribution in [-0.2, 0) is 0 Å². The van der Waals surface area contributed by atoms with Crippen molar-refractivity contribution in [3.05, 3.63) is 72.5 Å². The number of piperazine rings is 1. The summed E-state index contributed by atoms with van der Waals surface area (Å²) in [6.45, 7) is 4.64. The van der Waals surface area contributed by atoms with Gasteiger partial charge in [-0.25, -0.2) is 15.0 Å². The van der Waals surface area contributed by atoms with Gasteiger partial charge in [-0.05, 0) is 50.4 Å². The molecule has 0 amide bonds. The molecule has 7 nitrogen and oxygen atoms in total. The molecular weight excluding hydrogens is 458 g/mol. The van der Waals surface area contributed by atoms with E-state index >= 15 is 0 Å². The first-order chi connectivity index (χ1) is 18.1. The van der Waals surface area contributed by atoms with Crippen LogP contribution in [0.4, 0.5) is 5.82 Å². The van der Waals surface area contributed by atoms with Crippen molar-refractivity contribution >= 4 is 27.8 Å². The predicted molar refractivity (Wildman–Crippen MR) is 149 cm³/mol. The summed E-state index contributed by atoms with van der Waals surface area (Å²) in [5, 5.41) is 1.12. The van der Waals surface area contributed by atoms with Gasteiger partial charge in [0.15, 0.2) is 0 Å². The zero-order valence-electron chi connectivity index (χ0n) is 21.3. The molecule has 2 N–H and O–H groups in total. The molecule has 0 radical (unpaired) electrons. The van der Waals surface area contributed by atoms with Crippen molar-refractivity contribution in [3.63, 3.8) is 0 Å². The first-order valence-electron chi connectivity index (χ1n) is 13.5. The number of rotatable bonds is 4. The topological polar surface area (TPSA) is 75.6 Å². The van der Waals surface area contributed by atoms with Gasteiger partial charge in [0, 0.05) is 61.5 Å². The standard InChI is InChI=1S/C30H33N7/c1-35-13-15-36(16-14-35)24-17-23(18-24)30-34-27(28-29(31)32-11-12-37(28)30)22-8-7-21-9-10-25(33-26(21)19-22)20-5-3-2-4-6-20/h3,5-12,19,23-24H,2,4,13-18H2,1H3,(H2,31,32). The smallest absolute Gasteiger partial charge is 0.150 e. The number of hydrogen-bond donors (Lipinski definition) is 1. The minimum atomic E-state index is 0.433. The number of likely N-dealkylation sites (N-methyl/N-ethyl adjacent to an activating group) is 1. The Bertz CT molecular complexity index is 1530. The number of benzene rings is 1. The molecule has 2 aliphatic carbocycles. The number of hydrogen-bond acceptors (Lipinski definition) is 6. The van der Waals surface area contributed by atoms with Gasteiger partial charge in [-0.1, -0.05) is 36.4 Å². The molecule has 2 fully saturated rings. The van der Waals surface area contributed by atoms with Gasteiger partial charge in [0.05, 0.1) is 11.2 Å². The first kappa shape index (κ1) is 22.6. The maximum Gasteiger partial charge on any atom is 0.150 e. The average molecular weight is 492 g/mol. The van der Waals surface area contributed by atoms with Crippen LogP contribution in [0.5, 0.6) is 0 Å². The van der Waals surface area contributed by atoms with Crippen LogP contribution in [0.25, 0.3) is 33.3 Å². The second-order valence-electron chi connectivity index (χ2n) is 10.8. The third kappa shape index (κ3) is 4.03. The molecule has 0 unspecified atom stereocenters. The Balaban J connectivity index is 1.23. The van der Waals surface area contributed by atoms with E-state index in [0.29, 0.717) is 17.8 Å². The molecule has 1 saturated carbocycles. The van der Waals surface area contributed by atoms with Gasteiger partial charge in [-0.15, -0.1) is 0 Å². The quantitative estimate of drug-likeness (QED) is 0.444. The van der Waals surface area contributed by atoms with Crippen molar-refractivity contribution in [2.75, 3.05) is 39.0 Å². The number of anilines is 1. The maximum atomic E-state index is 6.44. The molecule has 7 heteroatoms. The molecule has 1 aromatic carbocycles. The molecule has 0 spiro atoms. The van der Waals surface area contributed by atoms with E-state index in [1.165, 1.54) is 5.57 Å². The lowest BCUT2D eigenvalue weighted by Crippen LogP contribution is -2.52. The van der Waals surface area contributed by atoms with Crippen molar-refractivity contribution in [1.29, 1.82) is 0 Å². The SMILES string of the molecule is CN1CCN(C2CC(c3nc(-c4ccc5ccc(C6=CCCC=C6)nc5c4)c4c(N)nccn34)C2)CC1. The molecular formula is C30H33N7. The Morgan fingerprint density at radius 1 is 0.973 bits per heavy atom. The van der Waals surface area contributed by atoms with E-state index in [4.69, 9.17) is 15.7 Å². The van der Waals surface area contributed by atoms with Crippen LogP contribution in [0.2, 0.25) is 0 Å². The number of fused-ring (bicyclic) bond motifs is 2. The van der Waals surface area contributed by atoms with Crippen molar-refractivity contribution in [2.24, 2.45) is 0 Å². The van der Waals surface area contributed by atoms with Gasteiger partial charge < -0.3 is 10.6 Å². The summed E-state index contributed by atoms with van der Waals surface area (Å²) < 4.78 is 2.17. The zero-order chi connectivity index (χ0) is 24.9. The van der Waals surface area contributed by atoms with E-state index < -0.39 is 0 Å². The molecule has 0 atom stereocenters. The normalized spacial score (nSPS) is 22.9. The summed E-state index contributed by atoms with van der Waals surface area (Å²) in [6, 6.07) is 11.3. The number of nitrogen functional groups attached to an aromatic ring is 1. The van der Waals surface area contributed by atoms with Gasteiger partial charge in [0.25, 0.3) is 0 Å². The summed E-state index contributed by atoms with van der Waals surface area (Å²) in [5.74, 6) is 2.05. The highest BCUT2D eigenvalue weighted by Crippen LogP contribution is 2.42. The Morgan fingerprint density at radius 2 is 1.81 bits per heavy atom. The summed E-state index contributed by atoms with van der Waals surface area (Å²) in [6.07, 6.45) is 14.9. The van der Waals surface area contributed by atoms with E-state index in [2.05, 4.69) is 74.8 Å². The van der Waals surface area contributed by atoms with E-state index in [1.54, 1.807) is 6.20 Å². The molecule has 0 bridgehead atoms. The highest BCUT2D eigenvalue weighted by Gasteiger charge is 2.38. The number of nitrogens with two attached hydrogens (primary N) is 1. The molecule has 3 aromatic heterocycles. The highest BCUT2D eigenvalue weighted by molar-refractivity contribution is 5.91. The second kappa shape index (κ2) is 9.08. The van der Waals surface area contributed by atoms with Gasteiger partial charge in [-0.2, -0.15) is 0 Å². The molecule has 7 rings (SSSR count). The Kier molecular flexibility index (Phi) is 5.55. The molecule has 37 heavy (non-hydrogen) atoms. The lowest BCUT2D eigenvalue weighted by Gasteiger charge is -2.45. The molecule has 3 aliphatic rings. The summed E-state index contributed by atoms with van der Waals surface area (Å²) in [7, 11) is 2.21. The van der Waals surface area contributed by atoms with Crippen molar-refractivity contribution in [3.8, 4) is 11.3 Å². The first-order valence-corrected chi connectivity index (χ1v) is 13.5. The highest BCUT2D eigenvalue weighted by atomic mass is 15.3. The molecule has 188 valence electrons. The van der Waals surface area contributed by atoms with E-state index in [9.17, 15) is 0 Å². The number of pyridine rings is 1. The zero-order valence-corrected chi connectivity index (χ0v) is 21.3. The van der Waals surface area contributed by atoms with Gasteiger partial charge >= 0.3 is 0 Å². The third-order valence-electron chi connectivity index (χ3n) is 8.40. The number of imidazole rings is 1. The minimum absolute atomic E-state index is 0.433. The van der Waals surface area contributed by atoms with Crippen LogP contribution >= 0.6 is 0 Å². The fraction of sp³-hybridized carbons (Fsp3) is 0.367. The van der Waals surface area contributed by atoms with Gasteiger partial charge in [-0.3, -0.25) is 9.30 Å². The van der Waals surface area contributed by atoms with Crippen LogP contribution < -0.4 is 5.73 Å². The van der Waals surface area contributed by atoms with Crippen molar-refractivity contribution in [1.82, 2.24) is 29.2 Å². The Hall–Kier alpha value is -3.55. The number of nitrogens with zero attached hydrogens (tertiary/aromatic N) is 6. The summed E-state index contributed by atoms with van der Waals surface area (Å²) in [4.78, 5) is 19.7. The lowest BCUT2D eigenvalue weighted by molar-refractivity contribution is 0.0586. The number of aromatic nitrogens is 4. The maximum absolute atomic E-state index is 6.44. The Labute approximate surface area is 217 Å². The molecule has 1 aliphatic heterocycles. The van der Waals surface area contributed by atoms with Crippen LogP contribution in [0.3, 0.4) is 0 Å². The van der Waals surface area contributed by atoms with Crippen molar-refractivity contribution in [2.45, 2.75) is 37.6 Å². The van der Waals surface area contributed by atoms with Crippen LogP contribution in [0.1, 0.15) is 43.1 Å². The third-order valence-corrected chi connectivity index (χ3v) is 8.40. The second-order valence-corrected chi connectivity index (χ2v) is 10.8. The minimum Gasteiger partial charge on any atom is -0.382 e. The monoisotopic (exact) mass is 491 g/mol. The fourth-order valence-corrected chi connectivity index (χ4v) is 6.09. The van der Waals surface area contributed by atoms with E-state index in [0.717, 1.165) is 91.1 Å². The lowest BCUT2D eigenvalue weighted by atomic mass is 9.78. The summed E-state index contributed by atoms with van der Waals surface area (Å²) in [5.41, 5.74) is 12.5. The van der Waals surface area contributed by atoms with E-state index in [-0.39, 0.29) is 0 Å². The predicted octanol–water partition coefficient (Wildman–Crippen LogP) is 4.75. The Morgan fingerprint density at radius 3 is 2.62 bits per heavy atom. The molecule has 4 aromatic rings. The van der Waals surface area contributed by atoms with Crippen molar-refractivity contribution < 1.29 is 0 Å². The van der Waals surface area contributed by atoms with Crippen LogP contribution in [-0.4, -0.2) is 68.4 Å². The van der Waals surface area contributed by atoms with Gasteiger partial charge in [0.2, 0.25) is 0 Å². The van der Waals surface area contributed by atoms with E-state index in [1.807, 2.05) is 6.20 Å². The number of allylic oxidation sites excluding steroid dienone is 4. The largest absolute Gasteiger partial charge is 0.382 e. The van der Waals surface area contributed by atoms with Crippen LogP contribution in [0, 0.1) is 0 Å².